The van der Waals surface area contributed by atoms with Crippen LogP contribution in [0.4, 0.5) is 0 Å². The Morgan fingerprint density at radius 3 is 2.38 bits per heavy atom. The molecule has 1 heterocycles. The maximum absolute atomic E-state index is 13.0. The summed E-state index contributed by atoms with van der Waals surface area (Å²) < 4.78 is 37.8. The van der Waals surface area contributed by atoms with E-state index in [9.17, 15) is 13.2 Å². The molecule has 0 saturated carbocycles. The van der Waals surface area contributed by atoms with Gasteiger partial charge in [-0.25, -0.2) is 8.42 Å². The van der Waals surface area contributed by atoms with Crippen LogP contribution in [0, 0.1) is 5.92 Å². The van der Waals surface area contributed by atoms with Crippen LogP contribution in [0.15, 0.2) is 23.1 Å². The minimum Gasteiger partial charge on any atom is -0.497 e. The predicted octanol–water partition coefficient (Wildman–Crippen LogP) is 0.392. The van der Waals surface area contributed by atoms with Gasteiger partial charge in [0.15, 0.2) is 0 Å². The van der Waals surface area contributed by atoms with E-state index < -0.39 is 10.0 Å². The maximum Gasteiger partial charge on any atom is 0.247 e. The third-order valence-corrected chi connectivity index (χ3v) is 6.39. The number of hydrogen-bond donors (Lipinski definition) is 1. The molecule has 0 bridgehead atoms. The van der Waals surface area contributed by atoms with Crippen LogP contribution in [0.3, 0.4) is 0 Å². The molecular weight excluding hydrogens is 358 g/mol. The molecule has 1 aliphatic heterocycles. The Balaban J connectivity index is 2.14. The highest BCUT2D eigenvalue weighted by Crippen LogP contribution is 2.31. The summed E-state index contributed by atoms with van der Waals surface area (Å²) in [6.45, 7) is 3.71. The van der Waals surface area contributed by atoms with Gasteiger partial charge in [0.2, 0.25) is 15.9 Å². The molecule has 0 spiro atoms. The number of carbonyl (C=O) groups is 1. The van der Waals surface area contributed by atoms with Crippen molar-refractivity contribution in [1.82, 2.24) is 14.5 Å². The van der Waals surface area contributed by atoms with Gasteiger partial charge in [-0.15, -0.1) is 0 Å². The number of rotatable bonds is 7. The van der Waals surface area contributed by atoms with Crippen LogP contribution < -0.4 is 14.8 Å². The SMILES string of the molecule is CNCC(C)C(=O)N1CCN(S(=O)(=O)c2cc(OC)ccc2OC)CC1. The summed E-state index contributed by atoms with van der Waals surface area (Å²) in [7, 11) is 0.975. The summed E-state index contributed by atoms with van der Waals surface area (Å²) in [5.41, 5.74) is 0. The first-order valence-corrected chi connectivity index (χ1v) is 9.94. The molecular formula is C17H27N3O5S. The normalized spacial score (nSPS) is 17.0. The monoisotopic (exact) mass is 385 g/mol. The van der Waals surface area contributed by atoms with Crippen molar-refractivity contribution < 1.29 is 22.7 Å². The fourth-order valence-electron chi connectivity index (χ4n) is 2.98. The van der Waals surface area contributed by atoms with Crippen LogP contribution in [0.25, 0.3) is 0 Å². The fourth-order valence-corrected chi connectivity index (χ4v) is 4.57. The Morgan fingerprint density at radius 2 is 1.85 bits per heavy atom. The van der Waals surface area contributed by atoms with Crippen LogP contribution in [0.1, 0.15) is 6.92 Å². The van der Waals surface area contributed by atoms with Gasteiger partial charge in [-0.05, 0) is 19.2 Å². The average Bonchev–Trinajstić information content (AvgIpc) is 2.67. The summed E-state index contributed by atoms with van der Waals surface area (Å²) >= 11 is 0. The summed E-state index contributed by atoms with van der Waals surface area (Å²) in [6.07, 6.45) is 0. The van der Waals surface area contributed by atoms with Gasteiger partial charge in [0, 0.05) is 44.7 Å². The Kier molecular flexibility index (Phi) is 6.85. The smallest absolute Gasteiger partial charge is 0.247 e. The Morgan fingerprint density at radius 1 is 1.19 bits per heavy atom. The molecule has 1 aromatic rings. The van der Waals surface area contributed by atoms with Crippen molar-refractivity contribution in [3.05, 3.63) is 18.2 Å². The van der Waals surface area contributed by atoms with Crippen molar-refractivity contribution >= 4 is 15.9 Å². The maximum atomic E-state index is 13.0. The Labute approximate surface area is 155 Å². The summed E-state index contributed by atoms with van der Waals surface area (Å²) in [6, 6.07) is 4.68. The van der Waals surface area contributed by atoms with Crippen molar-refractivity contribution in [2.45, 2.75) is 11.8 Å². The highest BCUT2D eigenvalue weighted by Gasteiger charge is 2.33. The van der Waals surface area contributed by atoms with Gasteiger partial charge in [-0.1, -0.05) is 6.92 Å². The van der Waals surface area contributed by atoms with E-state index in [1.165, 1.54) is 24.6 Å². The zero-order chi connectivity index (χ0) is 19.3. The Hall–Kier alpha value is -1.84. The first kappa shape index (κ1) is 20.5. The largest absolute Gasteiger partial charge is 0.497 e. The molecule has 0 radical (unpaired) electrons. The minimum absolute atomic E-state index is 0.0374. The van der Waals surface area contributed by atoms with Crippen molar-refractivity contribution in [3.8, 4) is 11.5 Å². The van der Waals surface area contributed by atoms with Crippen LogP contribution in [0.5, 0.6) is 11.5 Å². The number of piperazine rings is 1. The first-order chi connectivity index (χ1) is 12.3. The van der Waals surface area contributed by atoms with Crippen molar-refractivity contribution in [2.24, 2.45) is 5.92 Å². The second-order valence-corrected chi connectivity index (χ2v) is 8.11. The molecule has 1 N–H and O–H groups in total. The average molecular weight is 385 g/mol. The molecule has 1 aliphatic rings. The number of ether oxygens (including phenoxy) is 2. The minimum atomic E-state index is -3.74. The number of carbonyl (C=O) groups excluding carboxylic acids is 1. The molecule has 1 saturated heterocycles. The van der Waals surface area contributed by atoms with E-state index in [0.29, 0.717) is 25.4 Å². The van der Waals surface area contributed by atoms with E-state index in [-0.39, 0.29) is 35.6 Å². The van der Waals surface area contributed by atoms with E-state index in [0.717, 1.165) is 0 Å². The Bertz CT molecular complexity index is 730. The second-order valence-electron chi connectivity index (χ2n) is 6.20. The van der Waals surface area contributed by atoms with E-state index in [4.69, 9.17) is 9.47 Å². The number of methoxy groups -OCH3 is 2. The molecule has 26 heavy (non-hydrogen) atoms. The summed E-state index contributed by atoms with van der Waals surface area (Å²) in [4.78, 5) is 14.2. The zero-order valence-corrected chi connectivity index (χ0v) is 16.5. The first-order valence-electron chi connectivity index (χ1n) is 8.50. The second kappa shape index (κ2) is 8.70. The number of amides is 1. The van der Waals surface area contributed by atoms with Crippen molar-refractivity contribution in [3.63, 3.8) is 0 Å². The topological polar surface area (TPSA) is 88.2 Å². The van der Waals surface area contributed by atoms with Gasteiger partial charge in [0.25, 0.3) is 0 Å². The molecule has 0 aliphatic carbocycles. The lowest BCUT2D eigenvalue weighted by molar-refractivity contribution is -0.136. The van der Waals surface area contributed by atoms with E-state index in [2.05, 4.69) is 5.32 Å². The number of nitrogens with one attached hydrogen (secondary N) is 1. The summed E-state index contributed by atoms with van der Waals surface area (Å²) in [5, 5.41) is 2.99. The third-order valence-electron chi connectivity index (χ3n) is 4.47. The van der Waals surface area contributed by atoms with Gasteiger partial charge in [0.1, 0.15) is 16.4 Å². The molecule has 9 heteroatoms. The van der Waals surface area contributed by atoms with E-state index >= 15 is 0 Å². The number of nitrogens with zero attached hydrogens (tertiary/aromatic N) is 2. The summed E-state index contributed by atoms with van der Waals surface area (Å²) in [5.74, 6) is 0.614. The molecule has 8 nitrogen and oxygen atoms in total. The van der Waals surface area contributed by atoms with Crippen LogP contribution >= 0.6 is 0 Å². The lowest BCUT2D eigenvalue weighted by Crippen LogP contribution is -2.52. The fraction of sp³-hybridized carbons (Fsp3) is 0.588. The van der Waals surface area contributed by atoms with Crippen LogP contribution in [-0.4, -0.2) is 77.5 Å². The molecule has 1 amide bonds. The molecule has 2 rings (SSSR count). The van der Waals surface area contributed by atoms with Crippen LogP contribution in [0.2, 0.25) is 0 Å². The highest BCUT2D eigenvalue weighted by atomic mass is 32.2. The lowest BCUT2D eigenvalue weighted by Gasteiger charge is -2.35. The number of benzene rings is 1. The van der Waals surface area contributed by atoms with Gasteiger partial charge in [0.05, 0.1) is 14.2 Å². The molecule has 0 aromatic heterocycles. The zero-order valence-electron chi connectivity index (χ0n) is 15.7. The predicted molar refractivity (Wildman–Crippen MR) is 98.0 cm³/mol. The van der Waals surface area contributed by atoms with E-state index in [1.54, 1.807) is 24.1 Å². The number of hydrogen-bond acceptors (Lipinski definition) is 6. The van der Waals surface area contributed by atoms with Crippen molar-refractivity contribution in [1.29, 1.82) is 0 Å². The van der Waals surface area contributed by atoms with Crippen LogP contribution in [-0.2, 0) is 14.8 Å². The molecule has 146 valence electrons. The molecule has 1 aromatic carbocycles. The van der Waals surface area contributed by atoms with Gasteiger partial charge >= 0.3 is 0 Å². The lowest BCUT2D eigenvalue weighted by atomic mass is 10.1. The number of sulfonamides is 1. The molecule has 1 unspecified atom stereocenters. The standard InChI is InChI=1S/C17H27N3O5S/c1-13(12-18-2)17(21)19-7-9-20(10-8-19)26(22,23)16-11-14(24-3)5-6-15(16)25-4/h5-6,11,13,18H,7-10,12H2,1-4H3. The van der Waals surface area contributed by atoms with Gasteiger partial charge < -0.3 is 19.7 Å². The third kappa shape index (κ3) is 4.28. The van der Waals surface area contributed by atoms with Crippen molar-refractivity contribution in [2.75, 3.05) is 54.0 Å². The highest BCUT2D eigenvalue weighted by molar-refractivity contribution is 7.89. The van der Waals surface area contributed by atoms with Gasteiger partial charge in [-0.3, -0.25) is 4.79 Å². The molecule has 1 fully saturated rings. The molecule has 1 atom stereocenters. The van der Waals surface area contributed by atoms with E-state index in [1.807, 2.05) is 6.92 Å². The quantitative estimate of drug-likeness (QED) is 0.731. The van der Waals surface area contributed by atoms with Gasteiger partial charge in [-0.2, -0.15) is 4.31 Å².